The summed E-state index contributed by atoms with van der Waals surface area (Å²) >= 11 is 5.97. The van der Waals surface area contributed by atoms with Crippen LogP contribution in [0.15, 0.2) is 91.0 Å². The maximum Gasteiger partial charge on any atom is 0.252 e. The Labute approximate surface area is 190 Å². The molecule has 0 aliphatic carbocycles. The van der Waals surface area contributed by atoms with Gasteiger partial charge in [-0.1, -0.05) is 84.4 Å². The van der Waals surface area contributed by atoms with E-state index in [1.165, 1.54) is 0 Å². The molecule has 2 heterocycles. The molecule has 32 heavy (non-hydrogen) atoms. The Kier molecular flexibility index (Phi) is 5.40. The third-order valence-electron chi connectivity index (χ3n) is 5.27. The molecule has 2 aromatic heterocycles. The normalized spacial score (nSPS) is 10.9. The molecule has 0 radical (unpaired) electrons. The fraction of sp³-hybridized carbons (Fsp3) is 0.0385. The van der Waals surface area contributed by atoms with Crippen molar-refractivity contribution in [1.82, 2.24) is 20.5 Å². The highest BCUT2D eigenvalue weighted by Crippen LogP contribution is 2.31. The number of hydrogen-bond acceptors (Lipinski definition) is 3. The Morgan fingerprint density at radius 1 is 0.875 bits per heavy atom. The molecule has 0 bridgehead atoms. The predicted octanol–water partition coefficient (Wildman–Crippen LogP) is 5.88. The lowest BCUT2D eigenvalue weighted by Crippen LogP contribution is -2.23. The topological polar surface area (TPSA) is 70.7 Å². The van der Waals surface area contributed by atoms with E-state index in [1.54, 1.807) is 0 Å². The lowest BCUT2D eigenvalue weighted by atomic mass is 10.0. The van der Waals surface area contributed by atoms with Crippen molar-refractivity contribution in [2.24, 2.45) is 0 Å². The number of aromatic nitrogens is 3. The molecular formula is C26H19ClN4O. The minimum absolute atomic E-state index is 0.192. The van der Waals surface area contributed by atoms with Gasteiger partial charge < -0.3 is 5.32 Å². The van der Waals surface area contributed by atoms with Crippen LogP contribution in [-0.4, -0.2) is 21.1 Å². The maximum atomic E-state index is 13.4. The Morgan fingerprint density at radius 3 is 2.22 bits per heavy atom. The number of nitrogens with one attached hydrogen (secondary N) is 2. The van der Waals surface area contributed by atoms with E-state index in [-0.39, 0.29) is 5.91 Å². The lowest BCUT2D eigenvalue weighted by molar-refractivity contribution is 0.0952. The molecule has 0 saturated heterocycles. The highest BCUT2D eigenvalue weighted by atomic mass is 35.5. The zero-order valence-corrected chi connectivity index (χ0v) is 17.8. The Hall–Kier alpha value is -3.96. The van der Waals surface area contributed by atoms with Gasteiger partial charge in [0.1, 0.15) is 0 Å². The minimum Gasteiger partial charge on any atom is -0.348 e. The smallest absolute Gasteiger partial charge is 0.252 e. The molecule has 0 aliphatic rings. The van der Waals surface area contributed by atoms with Crippen LogP contribution in [0, 0.1) is 0 Å². The summed E-state index contributed by atoms with van der Waals surface area (Å²) in [6, 6.07) is 28.8. The first-order valence-corrected chi connectivity index (χ1v) is 10.6. The number of carbonyl (C=O) groups is 1. The average molecular weight is 439 g/mol. The fourth-order valence-corrected chi connectivity index (χ4v) is 3.78. The standard InChI is InChI=1S/C26H19ClN4O/c27-20-13-11-17(12-14-20)16-28-26(32)21-15-22(18-7-3-1-4-8-18)29-25-23(21)24(30-31-25)19-9-5-2-6-10-19/h1-15H,16H2,(H,28,32)(H,29,30,31). The van der Waals surface area contributed by atoms with Gasteiger partial charge in [0.25, 0.3) is 5.91 Å². The zero-order chi connectivity index (χ0) is 21.9. The van der Waals surface area contributed by atoms with Crippen molar-refractivity contribution in [2.45, 2.75) is 6.54 Å². The molecule has 0 saturated carbocycles. The molecule has 0 fully saturated rings. The zero-order valence-electron chi connectivity index (χ0n) is 17.0. The number of amides is 1. The first kappa shape index (κ1) is 20.0. The first-order valence-electron chi connectivity index (χ1n) is 10.2. The highest BCUT2D eigenvalue weighted by Gasteiger charge is 2.20. The van der Waals surface area contributed by atoms with Crippen LogP contribution in [0.2, 0.25) is 5.02 Å². The van der Waals surface area contributed by atoms with Crippen LogP contribution in [0.4, 0.5) is 0 Å². The van der Waals surface area contributed by atoms with E-state index < -0.39 is 0 Å². The van der Waals surface area contributed by atoms with E-state index >= 15 is 0 Å². The van der Waals surface area contributed by atoms with Crippen molar-refractivity contribution >= 4 is 28.5 Å². The monoisotopic (exact) mass is 438 g/mol. The van der Waals surface area contributed by atoms with E-state index in [1.807, 2.05) is 91.0 Å². The number of hydrogen-bond donors (Lipinski definition) is 2. The van der Waals surface area contributed by atoms with Crippen LogP contribution in [-0.2, 0) is 6.54 Å². The largest absolute Gasteiger partial charge is 0.348 e. The minimum atomic E-state index is -0.192. The summed E-state index contributed by atoms with van der Waals surface area (Å²) in [6.45, 7) is 0.388. The van der Waals surface area contributed by atoms with Crippen molar-refractivity contribution in [3.05, 3.63) is 107 Å². The molecule has 0 atom stereocenters. The summed E-state index contributed by atoms with van der Waals surface area (Å²) in [6.07, 6.45) is 0. The van der Waals surface area contributed by atoms with Crippen LogP contribution < -0.4 is 5.32 Å². The van der Waals surface area contributed by atoms with Gasteiger partial charge in [-0.05, 0) is 23.8 Å². The molecule has 6 heteroatoms. The molecule has 2 N–H and O–H groups in total. The third kappa shape index (κ3) is 3.98. The number of halogens is 1. The number of aromatic amines is 1. The molecule has 156 valence electrons. The van der Waals surface area contributed by atoms with Crippen molar-refractivity contribution < 1.29 is 4.79 Å². The van der Waals surface area contributed by atoms with Gasteiger partial charge in [-0.3, -0.25) is 9.89 Å². The van der Waals surface area contributed by atoms with E-state index in [4.69, 9.17) is 16.6 Å². The molecule has 0 aliphatic heterocycles. The number of fused-ring (bicyclic) bond motifs is 1. The van der Waals surface area contributed by atoms with Crippen molar-refractivity contribution in [2.75, 3.05) is 0 Å². The summed E-state index contributed by atoms with van der Waals surface area (Å²) < 4.78 is 0. The van der Waals surface area contributed by atoms with Gasteiger partial charge in [-0.25, -0.2) is 4.98 Å². The highest BCUT2D eigenvalue weighted by molar-refractivity contribution is 6.30. The van der Waals surface area contributed by atoms with Crippen molar-refractivity contribution in [1.29, 1.82) is 0 Å². The van der Waals surface area contributed by atoms with Gasteiger partial charge >= 0.3 is 0 Å². The molecule has 5 rings (SSSR count). The fourth-order valence-electron chi connectivity index (χ4n) is 3.65. The van der Waals surface area contributed by atoms with E-state index in [9.17, 15) is 4.79 Å². The second-order valence-corrected chi connectivity index (χ2v) is 7.83. The summed E-state index contributed by atoms with van der Waals surface area (Å²) in [5.41, 5.74) is 5.32. The molecule has 3 aromatic carbocycles. The quantitative estimate of drug-likeness (QED) is 0.360. The SMILES string of the molecule is O=C(NCc1ccc(Cl)cc1)c1cc(-c2ccccc2)nc2n[nH]c(-c3ccccc3)c12. The summed E-state index contributed by atoms with van der Waals surface area (Å²) in [4.78, 5) is 18.1. The second kappa shape index (κ2) is 8.65. The number of rotatable bonds is 5. The van der Waals surface area contributed by atoms with Crippen molar-refractivity contribution in [3.63, 3.8) is 0 Å². The van der Waals surface area contributed by atoms with Crippen LogP contribution in [0.5, 0.6) is 0 Å². The molecule has 5 nitrogen and oxygen atoms in total. The number of carbonyl (C=O) groups excluding carboxylic acids is 1. The van der Waals surface area contributed by atoms with Crippen LogP contribution in [0.1, 0.15) is 15.9 Å². The first-order chi connectivity index (χ1) is 15.7. The van der Waals surface area contributed by atoms with Crippen molar-refractivity contribution in [3.8, 4) is 22.5 Å². The van der Waals surface area contributed by atoms with E-state index in [0.29, 0.717) is 33.9 Å². The molecule has 1 amide bonds. The number of nitrogens with zero attached hydrogens (tertiary/aromatic N) is 2. The molecule has 5 aromatic rings. The number of H-pyrrole nitrogens is 1. The van der Waals surface area contributed by atoms with Gasteiger partial charge in [0.2, 0.25) is 0 Å². The summed E-state index contributed by atoms with van der Waals surface area (Å²) in [7, 11) is 0. The van der Waals surface area contributed by atoms with Crippen LogP contribution in [0.25, 0.3) is 33.5 Å². The summed E-state index contributed by atoms with van der Waals surface area (Å²) in [5.74, 6) is -0.192. The van der Waals surface area contributed by atoms with Gasteiger partial charge in [0.05, 0.1) is 22.3 Å². The summed E-state index contributed by atoms with van der Waals surface area (Å²) in [5, 5.41) is 11.9. The maximum absolute atomic E-state index is 13.4. The van der Waals surface area contributed by atoms with Gasteiger partial charge in [0.15, 0.2) is 5.65 Å². The Balaban J connectivity index is 1.59. The molecular weight excluding hydrogens is 420 g/mol. The third-order valence-corrected chi connectivity index (χ3v) is 5.52. The van der Waals surface area contributed by atoms with E-state index in [2.05, 4.69) is 15.5 Å². The van der Waals surface area contributed by atoms with Gasteiger partial charge in [0, 0.05) is 22.7 Å². The Morgan fingerprint density at radius 2 is 1.53 bits per heavy atom. The second-order valence-electron chi connectivity index (χ2n) is 7.39. The predicted molar refractivity (Wildman–Crippen MR) is 127 cm³/mol. The van der Waals surface area contributed by atoms with Gasteiger partial charge in [-0.2, -0.15) is 5.10 Å². The lowest BCUT2D eigenvalue weighted by Gasteiger charge is -2.10. The number of benzene rings is 3. The number of pyridine rings is 1. The van der Waals surface area contributed by atoms with Crippen LogP contribution in [0.3, 0.4) is 0 Å². The van der Waals surface area contributed by atoms with E-state index in [0.717, 1.165) is 22.4 Å². The average Bonchev–Trinajstić information content (AvgIpc) is 3.28. The van der Waals surface area contributed by atoms with Gasteiger partial charge in [-0.15, -0.1) is 0 Å². The Bertz CT molecular complexity index is 1380. The molecule has 0 spiro atoms. The molecule has 0 unspecified atom stereocenters. The van der Waals surface area contributed by atoms with Crippen LogP contribution >= 0.6 is 11.6 Å².